The van der Waals surface area contributed by atoms with Gasteiger partial charge >= 0.3 is 6.18 Å². The standard InChI is InChI=1S/C12H13F4N/c1-8(17-2)3-4-9-5-10(12(14,15)16)7-11(13)6-9/h3-8,17H,1-2H3/b4-3+. The third kappa shape index (κ3) is 4.19. The molecule has 17 heavy (non-hydrogen) atoms. The van der Waals surface area contributed by atoms with Crippen LogP contribution in [0.3, 0.4) is 0 Å². The fraction of sp³-hybridized carbons (Fsp3) is 0.333. The van der Waals surface area contributed by atoms with Crippen molar-refractivity contribution in [2.24, 2.45) is 0 Å². The Hall–Kier alpha value is -1.36. The molecule has 1 nitrogen and oxygen atoms in total. The Bertz CT molecular complexity index is 409. The van der Waals surface area contributed by atoms with Crippen LogP contribution in [0.4, 0.5) is 17.6 Å². The van der Waals surface area contributed by atoms with Crippen molar-refractivity contribution in [1.82, 2.24) is 5.32 Å². The highest BCUT2D eigenvalue weighted by molar-refractivity contribution is 5.51. The van der Waals surface area contributed by atoms with Crippen LogP contribution in [0.15, 0.2) is 24.3 Å². The van der Waals surface area contributed by atoms with Crippen LogP contribution in [0.5, 0.6) is 0 Å². The Morgan fingerprint density at radius 2 is 1.88 bits per heavy atom. The van der Waals surface area contributed by atoms with E-state index in [0.29, 0.717) is 6.07 Å². The van der Waals surface area contributed by atoms with Gasteiger partial charge in [-0.15, -0.1) is 0 Å². The van der Waals surface area contributed by atoms with Crippen LogP contribution in [0.25, 0.3) is 6.08 Å². The molecule has 0 aliphatic rings. The van der Waals surface area contributed by atoms with Gasteiger partial charge in [0.05, 0.1) is 5.56 Å². The molecule has 0 heterocycles. The molecule has 0 aliphatic heterocycles. The monoisotopic (exact) mass is 247 g/mol. The highest BCUT2D eigenvalue weighted by Crippen LogP contribution is 2.30. The first-order valence-electron chi connectivity index (χ1n) is 5.06. The van der Waals surface area contributed by atoms with Crippen molar-refractivity contribution in [2.75, 3.05) is 7.05 Å². The molecule has 94 valence electrons. The number of rotatable bonds is 3. The third-order valence-corrected chi connectivity index (χ3v) is 2.28. The molecule has 0 aromatic heterocycles. The molecule has 5 heteroatoms. The lowest BCUT2D eigenvalue weighted by molar-refractivity contribution is -0.137. The van der Waals surface area contributed by atoms with Crippen molar-refractivity contribution in [3.8, 4) is 0 Å². The van der Waals surface area contributed by atoms with E-state index < -0.39 is 17.6 Å². The second kappa shape index (κ2) is 5.31. The number of nitrogens with one attached hydrogen (secondary N) is 1. The summed E-state index contributed by atoms with van der Waals surface area (Å²) in [4.78, 5) is 0. The zero-order valence-electron chi connectivity index (χ0n) is 9.48. The minimum absolute atomic E-state index is 0.00704. The smallest absolute Gasteiger partial charge is 0.314 e. The largest absolute Gasteiger partial charge is 0.416 e. The van der Waals surface area contributed by atoms with E-state index in [4.69, 9.17) is 0 Å². The number of benzene rings is 1. The molecule has 0 amide bonds. The van der Waals surface area contributed by atoms with Crippen molar-refractivity contribution in [3.05, 3.63) is 41.2 Å². The topological polar surface area (TPSA) is 12.0 Å². The van der Waals surface area contributed by atoms with Gasteiger partial charge in [-0.05, 0) is 37.7 Å². The fourth-order valence-electron chi connectivity index (χ4n) is 1.22. The van der Waals surface area contributed by atoms with E-state index in [1.807, 2.05) is 6.92 Å². The number of likely N-dealkylation sites (N-methyl/N-ethyl adjacent to an activating group) is 1. The summed E-state index contributed by atoms with van der Waals surface area (Å²) in [5.41, 5.74) is -0.784. The maximum Gasteiger partial charge on any atom is 0.416 e. The molecule has 1 aromatic carbocycles. The number of hydrogen-bond donors (Lipinski definition) is 1. The summed E-state index contributed by atoms with van der Waals surface area (Å²) in [6.45, 7) is 1.83. The van der Waals surface area contributed by atoms with Crippen LogP contribution in [-0.2, 0) is 6.18 Å². The molecule has 0 radical (unpaired) electrons. The van der Waals surface area contributed by atoms with E-state index in [-0.39, 0.29) is 11.6 Å². The molecule has 1 atom stereocenters. The third-order valence-electron chi connectivity index (χ3n) is 2.28. The van der Waals surface area contributed by atoms with E-state index in [9.17, 15) is 17.6 Å². The molecule has 1 rings (SSSR count). The normalized spacial score (nSPS) is 14.2. The van der Waals surface area contributed by atoms with E-state index >= 15 is 0 Å². The lowest BCUT2D eigenvalue weighted by Gasteiger charge is -2.08. The molecular formula is C12H13F4N. The Morgan fingerprint density at radius 1 is 1.24 bits per heavy atom. The number of hydrogen-bond acceptors (Lipinski definition) is 1. The lowest BCUT2D eigenvalue weighted by Crippen LogP contribution is -2.17. The predicted octanol–water partition coefficient (Wildman–Crippen LogP) is 3.47. The van der Waals surface area contributed by atoms with Crippen LogP contribution < -0.4 is 5.32 Å². The van der Waals surface area contributed by atoms with Crippen LogP contribution in [0, 0.1) is 5.82 Å². The summed E-state index contributed by atoms with van der Waals surface area (Å²) in [7, 11) is 1.72. The van der Waals surface area contributed by atoms with Gasteiger partial charge in [0.1, 0.15) is 5.82 Å². The summed E-state index contributed by atoms with van der Waals surface area (Å²) in [6, 6.07) is 2.47. The first kappa shape index (κ1) is 13.7. The maximum absolute atomic E-state index is 13.0. The lowest BCUT2D eigenvalue weighted by atomic mass is 10.1. The summed E-state index contributed by atoms with van der Waals surface area (Å²) in [5.74, 6) is -0.892. The van der Waals surface area contributed by atoms with Crippen LogP contribution in [0.1, 0.15) is 18.1 Å². The summed E-state index contributed by atoms with van der Waals surface area (Å²) in [6.07, 6.45) is -1.41. The molecule has 1 unspecified atom stereocenters. The molecular weight excluding hydrogens is 234 g/mol. The molecule has 0 bridgehead atoms. The molecule has 1 aromatic rings. The molecule has 0 aliphatic carbocycles. The van der Waals surface area contributed by atoms with E-state index in [0.717, 1.165) is 12.1 Å². The first-order chi connectivity index (χ1) is 7.82. The van der Waals surface area contributed by atoms with E-state index in [2.05, 4.69) is 5.32 Å². The predicted molar refractivity (Wildman–Crippen MR) is 59.0 cm³/mol. The minimum atomic E-state index is -4.53. The molecule has 0 saturated heterocycles. The second-order valence-corrected chi connectivity index (χ2v) is 3.71. The maximum atomic E-state index is 13.0. The highest BCUT2D eigenvalue weighted by atomic mass is 19.4. The van der Waals surface area contributed by atoms with E-state index in [1.165, 1.54) is 6.08 Å². The van der Waals surface area contributed by atoms with E-state index in [1.54, 1.807) is 13.1 Å². The number of alkyl halides is 3. The second-order valence-electron chi connectivity index (χ2n) is 3.71. The fourth-order valence-corrected chi connectivity index (χ4v) is 1.22. The quantitative estimate of drug-likeness (QED) is 0.806. The van der Waals surface area contributed by atoms with Crippen LogP contribution in [0.2, 0.25) is 0 Å². The van der Waals surface area contributed by atoms with Gasteiger partial charge in [0.15, 0.2) is 0 Å². The average Bonchev–Trinajstić information content (AvgIpc) is 2.24. The summed E-state index contributed by atoms with van der Waals surface area (Å²) < 4.78 is 50.2. The SMILES string of the molecule is CNC(C)/C=C/c1cc(F)cc(C(F)(F)F)c1. The zero-order valence-corrected chi connectivity index (χ0v) is 9.48. The minimum Gasteiger partial charge on any atom is -0.314 e. The molecule has 0 fully saturated rings. The van der Waals surface area contributed by atoms with Gasteiger partial charge in [0.25, 0.3) is 0 Å². The Kier molecular flexibility index (Phi) is 4.28. The molecule has 0 spiro atoms. The zero-order chi connectivity index (χ0) is 13.1. The molecule has 0 saturated carbocycles. The van der Waals surface area contributed by atoms with Gasteiger partial charge in [-0.2, -0.15) is 13.2 Å². The summed E-state index contributed by atoms with van der Waals surface area (Å²) in [5, 5.41) is 2.89. The highest BCUT2D eigenvalue weighted by Gasteiger charge is 2.31. The average molecular weight is 247 g/mol. The number of halogens is 4. The first-order valence-corrected chi connectivity index (χ1v) is 5.06. The van der Waals surface area contributed by atoms with Crippen LogP contribution in [-0.4, -0.2) is 13.1 Å². The van der Waals surface area contributed by atoms with Gasteiger partial charge in [-0.3, -0.25) is 0 Å². The van der Waals surface area contributed by atoms with Crippen LogP contribution >= 0.6 is 0 Å². The Balaban J connectivity index is 3.02. The van der Waals surface area contributed by atoms with Crippen molar-refractivity contribution < 1.29 is 17.6 Å². The Morgan fingerprint density at radius 3 is 2.41 bits per heavy atom. The van der Waals surface area contributed by atoms with Crippen molar-refractivity contribution in [3.63, 3.8) is 0 Å². The van der Waals surface area contributed by atoms with Crippen molar-refractivity contribution in [1.29, 1.82) is 0 Å². The van der Waals surface area contributed by atoms with Gasteiger partial charge in [-0.1, -0.05) is 12.2 Å². The van der Waals surface area contributed by atoms with Gasteiger partial charge in [0.2, 0.25) is 0 Å². The van der Waals surface area contributed by atoms with Crippen molar-refractivity contribution in [2.45, 2.75) is 19.1 Å². The summed E-state index contributed by atoms with van der Waals surface area (Å²) >= 11 is 0. The Labute approximate surface area is 97.1 Å². The van der Waals surface area contributed by atoms with Crippen molar-refractivity contribution >= 4 is 6.08 Å². The van der Waals surface area contributed by atoms with Gasteiger partial charge in [0, 0.05) is 6.04 Å². The molecule has 1 N–H and O–H groups in total. The van der Waals surface area contributed by atoms with Gasteiger partial charge < -0.3 is 5.32 Å². The van der Waals surface area contributed by atoms with Gasteiger partial charge in [-0.25, -0.2) is 4.39 Å².